The van der Waals surface area contributed by atoms with Gasteiger partial charge >= 0.3 is 0 Å². The van der Waals surface area contributed by atoms with Gasteiger partial charge in [-0.25, -0.2) is 0 Å². The van der Waals surface area contributed by atoms with Crippen molar-refractivity contribution in [3.63, 3.8) is 0 Å². The lowest BCUT2D eigenvalue weighted by molar-refractivity contribution is -0.139. The minimum atomic E-state index is -0.178. The molecule has 1 amide bonds. The third-order valence-electron chi connectivity index (χ3n) is 2.71. The highest BCUT2D eigenvalue weighted by molar-refractivity contribution is 6.17. The fraction of sp³-hybridized carbons (Fsp3) is 0.909. The maximum atomic E-state index is 11.8. The summed E-state index contributed by atoms with van der Waals surface area (Å²) in [7, 11) is 1.85. The highest BCUT2D eigenvalue weighted by Crippen LogP contribution is 2.14. The molecule has 1 atom stereocenters. The van der Waals surface area contributed by atoms with Crippen molar-refractivity contribution in [1.82, 2.24) is 4.90 Å². The number of unbranched alkanes of at least 4 members (excludes halogenated alkanes) is 2. The van der Waals surface area contributed by atoms with Crippen molar-refractivity contribution in [3.05, 3.63) is 0 Å². The Kier molecular flexibility index (Phi) is 6.03. The van der Waals surface area contributed by atoms with Crippen molar-refractivity contribution in [1.29, 1.82) is 0 Å². The lowest BCUT2D eigenvalue weighted by Crippen LogP contribution is -2.36. The summed E-state index contributed by atoms with van der Waals surface area (Å²) < 4.78 is 5.35. The van der Waals surface area contributed by atoms with Gasteiger partial charge in [0.25, 0.3) is 5.91 Å². The maximum absolute atomic E-state index is 11.8. The number of amides is 1. The average molecular weight is 234 g/mol. The van der Waals surface area contributed by atoms with E-state index in [-0.39, 0.29) is 12.0 Å². The topological polar surface area (TPSA) is 29.5 Å². The second kappa shape index (κ2) is 7.07. The first kappa shape index (κ1) is 12.8. The third-order valence-corrected chi connectivity index (χ3v) is 2.98. The Balaban J connectivity index is 2.14. The summed E-state index contributed by atoms with van der Waals surface area (Å²) in [5.74, 6) is 0.849. The molecule has 0 aromatic rings. The molecular weight excluding hydrogens is 214 g/mol. The second-order valence-electron chi connectivity index (χ2n) is 4.01. The number of carbonyl (C=O) groups is 1. The fourth-order valence-corrected chi connectivity index (χ4v) is 1.94. The lowest BCUT2D eigenvalue weighted by Gasteiger charge is -2.20. The van der Waals surface area contributed by atoms with Gasteiger partial charge in [0.2, 0.25) is 0 Å². The van der Waals surface area contributed by atoms with Gasteiger partial charge < -0.3 is 9.64 Å². The number of rotatable bonds is 6. The minimum absolute atomic E-state index is 0.137. The van der Waals surface area contributed by atoms with E-state index in [4.69, 9.17) is 16.3 Å². The highest BCUT2D eigenvalue weighted by atomic mass is 35.5. The Morgan fingerprint density at radius 1 is 1.47 bits per heavy atom. The smallest absolute Gasteiger partial charge is 0.251 e. The molecule has 1 saturated heterocycles. The third kappa shape index (κ3) is 4.39. The molecule has 0 bridgehead atoms. The van der Waals surface area contributed by atoms with Gasteiger partial charge in [-0.05, 0) is 25.7 Å². The molecule has 0 aromatic carbocycles. The van der Waals surface area contributed by atoms with E-state index in [1.165, 1.54) is 0 Å². The van der Waals surface area contributed by atoms with Crippen molar-refractivity contribution in [3.8, 4) is 0 Å². The molecule has 0 aliphatic carbocycles. The van der Waals surface area contributed by atoms with E-state index >= 15 is 0 Å². The molecule has 1 unspecified atom stereocenters. The van der Waals surface area contributed by atoms with Gasteiger partial charge in [-0.15, -0.1) is 11.6 Å². The molecule has 88 valence electrons. The van der Waals surface area contributed by atoms with Gasteiger partial charge in [-0.2, -0.15) is 0 Å². The van der Waals surface area contributed by atoms with Crippen LogP contribution in [0.25, 0.3) is 0 Å². The largest absolute Gasteiger partial charge is 0.368 e. The van der Waals surface area contributed by atoms with E-state index in [1.807, 2.05) is 7.05 Å². The van der Waals surface area contributed by atoms with Crippen molar-refractivity contribution >= 4 is 17.5 Å². The standard InChI is InChI=1S/C11H20ClNO2/c1-13(8-4-2-3-7-12)11(14)10-6-5-9-15-10/h10H,2-9H2,1H3. The number of carbonyl (C=O) groups excluding carboxylic acids is 1. The zero-order valence-electron chi connectivity index (χ0n) is 9.38. The van der Waals surface area contributed by atoms with E-state index in [2.05, 4.69) is 0 Å². The van der Waals surface area contributed by atoms with E-state index in [0.717, 1.165) is 45.3 Å². The van der Waals surface area contributed by atoms with Gasteiger partial charge in [-0.3, -0.25) is 4.79 Å². The minimum Gasteiger partial charge on any atom is -0.368 e. The average Bonchev–Trinajstić information content (AvgIpc) is 2.76. The fourth-order valence-electron chi connectivity index (χ4n) is 1.75. The van der Waals surface area contributed by atoms with Gasteiger partial charge in [-0.1, -0.05) is 6.42 Å². The summed E-state index contributed by atoms with van der Waals surface area (Å²) >= 11 is 5.58. The molecule has 1 aliphatic rings. The predicted molar refractivity (Wildman–Crippen MR) is 61.2 cm³/mol. The monoisotopic (exact) mass is 233 g/mol. The number of hydrogen-bond acceptors (Lipinski definition) is 2. The zero-order chi connectivity index (χ0) is 11.1. The van der Waals surface area contributed by atoms with E-state index < -0.39 is 0 Å². The molecule has 0 N–H and O–H groups in total. The molecule has 15 heavy (non-hydrogen) atoms. The van der Waals surface area contributed by atoms with Crippen LogP contribution in [-0.2, 0) is 9.53 Å². The lowest BCUT2D eigenvalue weighted by atomic mass is 10.2. The van der Waals surface area contributed by atoms with Gasteiger partial charge in [0.1, 0.15) is 6.10 Å². The molecule has 1 aliphatic heterocycles. The molecule has 0 spiro atoms. The van der Waals surface area contributed by atoms with Gasteiger partial charge in [0, 0.05) is 26.1 Å². The molecule has 1 rings (SSSR count). The van der Waals surface area contributed by atoms with Crippen LogP contribution in [0.2, 0.25) is 0 Å². The van der Waals surface area contributed by atoms with E-state index in [9.17, 15) is 4.79 Å². The van der Waals surface area contributed by atoms with Crippen LogP contribution in [0.15, 0.2) is 0 Å². The molecule has 3 nitrogen and oxygen atoms in total. The quantitative estimate of drug-likeness (QED) is 0.519. The van der Waals surface area contributed by atoms with Crippen LogP contribution in [-0.4, -0.2) is 43.0 Å². The van der Waals surface area contributed by atoms with Crippen molar-refractivity contribution in [2.45, 2.75) is 38.2 Å². The van der Waals surface area contributed by atoms with Crippen LogP contribution in [0, 0.1) is 0 Å². The number of alkyl halides is 1. The number of halogens is 1. The first-order valence-electron chi connectivity index (χ1n) is 5.68. The number of ether oxygens (including phenoxy) is 1. The summed E-state index contributed by atoms with van der Waals surface area (Å²) in [6.45, 7) is 1.55. The van der Waals surface area contributed by atoms with Crippen LogP contribution in [0.1, 0.15) is 32.1 Å². The summed E-state index contributed by atoms with van der Waals surface area (Å²) in [6, 6.07) is 0. The number of hydrogen-bond donors (Lipinski definition) is 0. The van der Waals surface area contributed by atoms with Crippen LogP contribution < -0.4 is 0 Å². The number of nitrogens with zero attached hydrogens (tertiary/aromatic N) is 1. The predicted octanol–water partition coefficient (Wildman–Crippen LogP) is 2.03. The molecule has 0 saturated carbocycles. The molecular formula is C11H20ClNO2. The number of likely N-dealkylation sites (N-methyl/N-ethyl adjacent to an activating group) is 1. The van der Waals surface area contributed by atoms with Crippen LogP contribution in [0.3, 0.4) is 0 Å². The molecule has 0 radical (unpaired) electrons. The van der Waals surface area contributed by atoms with Crippen molar-refractivity contribution in [2.24, 2.45) is 0 Å². The normalized spacial score (nSPS) is 20.5. The van der Waals surface area contributed by atoms with Crippen molar-refractivity contribution in [2.75, 3.05) is 26.1 Å². The van der Waals surface area contributed by atoms with Gasteiger partial charge in [0.15, 0.2) is 0 Å². The molecule has 4 heteroatoms. The maximum Gasteiger partial charge on any atom is 0.251 e. The zero-order valence-corrected chi connectivity index (χ0v) is 10.1. The van der Waals surface area contributed by atoms with Crippen molar-refractivity contribution < 1.29 is 9.53 Å². The summed E-state index contributed by atoms with van der Waals surface area (Å²) in [6.07, 6.45) is 4.86. The Hall–Kier alpha value is -0.280. The van der Waals surface area contributed by atoms with Gasteiger partial charge in [0.05, 0.1) is 0 Å². The second-order valence-corrected chi connectivity index (χ2v) is 4.39. The first-order valence-corrected chi connectivity index (χ1v) is 6.21. The highest BCUT2D eigenvalue weighted by Gasteiger charge is 2.25. The molecule has 0 aromatic heterocycles. The SMILES string of the molecule is CN(CCCCCCl)C(=O)C1CCCO1. The Morgan fingerprint density at radius 3 is 2.87 bits per heavy atom. The summed E-state index contributed by atoms with van der Waals surface area (Å²) in [4.78, 5) is 13.6. The Labute approximate surface area is 96.7 Å². The summed E-state index contributed by atoms with van der Waals surface area (Å²) in [5, 5.41) is 0. The summed E-state index contributed by atoms with van der Waals surface area (Å²) in [5.41, 5.74) is 0. The Morgan fingerprint density at radius 2 is 2.27 bits per heavy atom. The van der Waals surface area contributed by atoms with Crippen LogP contribution in [0.5, 0.6) is 0 Å². The van der Waals surface area contributed by atoms with Crippen LogP contribution in [0.4, 0.5) is 0 Å². The van der Waals surface area contributed by atoms with E-state index in [1.54, 1.807) is 4.90 Å². The molecule has 1 heterocycles. The van der Waals surface area contributed by atoms with Crippen LogP contribution >= 0.6 is 11.6 Å². The molecule has 1 fully saturated rings. The Bertz CT molecular complexity index is 193. The van der Waals surface area contributed by atoms with E-state index in [0.29, 0.717) is 5.88 Å². The first-order chi connectivity index (χ1) is 7.25.